The van der Waals surface area contributed by atoms with Crippen LogP contribution in [0.3, 0.4) is 0 Å². The maximum absolute atomic E-state index is 12.4. The Hall–Kier alpha value is 0.350. The molecule has 0 saturated heterocycles. The number of carbonyl (C=O) groups excluding carboxylic acids is 1. The number of benzene rings is 1. The molecule has 1 heterocycles. The SMILES string of the molecule is O=C(O)CCN1C(=O)C(I)(I)c2c(I)cccc21. The highest BCUT2D eigenvalue weighted by Crippen LogP contribution is 2.52. The molecule has 7 heteroatoms. The van der Waals surface area contributed by atoms with Crippen LogP contribution in [0, 0.1) is 3.57 Å². The van der Waals surface area contributed by atoms with E-state index in [2.05, 4.69) is 67.8 Å². The van der Waals surface area contributed by atoms with Crippen LogP contribution in [0.15, 0.2) is 18.2 Å². The number of amides is 1. The van der Waals surface area contributed by atoms with Crippen LogP contribution in [0.25, 0.3) is 0 Å². The molecule has 0 fully saturated rings. The van der Waals surface area contributed by atoms with Crippen molar-refractivity contribution >= 4 is 85.3 Å². The van der Waals surface area contributed by atoms with Crippen LogP contribution in [0.5, 0.6) is 0 Å². The number of hydrogen-bond acceptors (Lipinski definition) is 2. The van der Waals surface area contributed by atoms with Crippen molar-refractivity contribution in [2.45, 2.75) is 7.85 Å². The molecular weight excluding hydrogens is 575 g/mol. The number of aliphatic carboxylic acids is 1. The summed E-state index contributed by atoms with van der Waals surface area (Å²) in [6.45, 7) is 0.217. The number of nitrogens with zero attached hydrogens (tertiary/aromatic N) is 1. The van der Waals surface area contributed by atoms with E-state index in [0.717, 1.165) is 14.8 Å². The van der Waals surface area contributed by atoms with Crippen molar-refractivity contribution in [3.63, 3.8) is 0 Å². The van der Waals surface area contributed by atoms with Gasteiger partial charge in [-0.05, 0) is 34.7 Å². The topological polar surface area (TPSA) is 57.6 Å². The van der Waals surface area contributed by atoms with E-state index < -0.39 is 7.40 Å². The number of hydrogen-bond donors (Lipinski definition) is 1. The lowest BCUT2D eigenvalue weighted by Gasteiger charge is -2.17. The largest absolute Gasteiger partial charge is 0.481 e. The van der Waals surface area contributed by atoms with Gasteiger partial charge in [-0.3, -0.25) is 9.59 Å². The summed E-state index contributed by atoms with van der Waals surface area (Å²) in [5.74, 6) is -0.946. The zero-order valence-corrected chi connectivity index (χ0v) is 15.5. The van der Waals surface area contributed by atoms with Gasteiger partial charge >= 0.3 is 5.97 Å². The van der Waals surface area contributed by atoms with Gasteiger partial charge in [0.15, 0.2) is 1.43 Å². The van der Waals surface area contributed by atoms with Gasteiger partial charge < -0.3 is 10.0 Å². The van der Waals surface area contributed by atoms with Gasteiger partial charge in [0.05, 0.1) is 12.1 Å². The average molecular weight is 583 g/mol. The van der Waals surface area contributed by atoms with Crippen LogP contribution in [0.1, 0.15) is 12.0 Å². The number of carboxylic acids is 1. The zero-order chi connectivity index (χ0) is 13.5. The van der Waals surface area contributed by atoms with Gasteiger partial charge in [0.1, 0.15) is 0 Å². The Balaban J connectivity index is 2.44. The summed E-state index contributed by atoms with van der Waals surface area (Å²) in [5.41, 5.74) is 1.80. The summed E-state index contributed by atoms with van der Waals surface area (Å²) in [6.07, 6.45) is -0.0417. The minimum atomic E-state index is -0.894. The molecule has 96 valence electrons. The van der Waals surface area contributed by atoms with Crippen molar-refractivity contribution < 1.29 is 14.7 Å². The van der Waals surface area contributed by atoms with Crippen molar-refractivity contribution in [1.29, 1.82) is 0 Å². The fraction of sp³-hybridized carbons (Fsp3) is 0.273. The van der Waals surface area contributed by atoms with Crippen molar-refractivity contribution in [1.82, 2.24) is 0 Å². The van der Waals surface area contributed by atoms with Gasteiger partial charge in [-0.1, -0.05) is 51.2 Å². The fourth-order valence-corrected chi connectivity index (χ4v) is 5.50. The van der Waals surface area contributed by atoms with E-state index in [0.29, 0.717) is 0 Å². The second-order valence-corrected chi connectivity index (χ2v) is 10.3. The lowest BCUT2D eigenvalue weighted by Crippen LogP contribution is -2.34. The average Bonchev–Trinajstić information content (AvgIpc) is 2.46. The molecule has 1 N–H and O–H groups in total. The Morgan fingerprint density at radius 1 is 1.39 bits per heavy atom. The van der Waals surface area contributed by atoms with Crippen molar-refractivity contribution in [2.75, 3.05) is 11.4 Å². The molecule has 0 aromatic heterocycles. The first-order chi connectivity index (χ1) is 8.35. The Kier molecular flexibility index (Phi) is 4.41. The monoisotopic (exact) mass is 583 g/mol. The maximum atomic E-state index is 12.4. The second-order valence-electron chi connectivity index (χ2n) is 3.81. The molecule has 1 aliphatic rings. The Morgan fingerprint density at radius 3 is 2.67 bits per heavy atom. The minimum Gasteiger partial charge on any atom is -0.481 e. The van der Waals surface area contributed by atoms with E-state index >= 15 is 0 Å². The highest BCUT2D eigenvalue weighted by atomic mass is 127. The van der Waals surface area contributed by atoms with E-state index in [1.54, 1.807) is 4.90 Å². The van der Waals surface area contributed by atoms with E-state index in [4.69, 9.17) is 5.11 Å². The van der Waals surface area contributed by atoms with Gasteiger partial charge in [-0.15, -0.1) is 0 Å². The number of alkyl halides is 2. The molecule has 1 aromatic rings. The standard InChI is InChI=1S/C11H8I3NO3/c12-6-2-1-3-7-9(6)11(13,14)10(18)15(7)5-4-8(16)17/h1-3H,4-5H2,(H,16,17). The smallest absolute Gasteiger partial charge is 0.305 e. The molecule has 0 bridgehead atoms. The first-order valence-corrected chi connectivity index (χ1v) is 8.30. The van der Waals surface area contributed by atoms with E-state index in [-0.39, 0.29) is 18.9 Å². The Labute approximate surface area is 145 Å². The van der Waals surface area contributed by atoms with Crippen LogP contribution in [0.4, 0.5) is 5.69 Å². The lowest BCUT2D eigenvalue weighted by molar-refractivity contribution is -0.136. The molecule has 0 atom stereocenters. The maximum Gasteiger partial charge on any atom is 0.305 e. The number of carboxylic acid groups (broad SMARTS) is 1. The van der Waals surface area contributed by atoms with Gasteiger partial charge in [0, 0.05) is 15.7 Å². The van der Waals surface area contributed by atoms with E-state index in [1.807, 2.05) is 18.2 Å². The number of anilines is 1. The quantitative estimate of drug-likeness (QED) is 0.440. The van der Waals surface area contributed by atoms with Crippen molar-refractivity contribution in [3.8, 4) is 0 Å². The highest BCUT2D eigenvalue weighted by molar-refractivity contribution is 14.2. The van der Waals surface area contributed by atoms with Crippen LogP contribution in [0.2, 0.25) is 0 Å². The molecule has 0 unspecified atom stereocenters. The highest BCUT2D eigenvalue weighted by Gasteiger charge is 2.48. The third-order valence-corrected chi connectivity index (χ3v) is 5.56. The molecular formula is C11H8I3NO3. The predicted molar refractivity (Wildman–Crippen MR) is 93.5 cm³/mol. The molecule has 1 aliphatic heterocycles. The molecule has 0 radical (unpaired) electrons. The molecule has 1 aromatic carbocycles. The van der Waals surface area contributed by atoms with Gasteiger partial charge in [0.2, 0.25) is 0 Å². The normalized spacial score (nSPS) is 16.8. The molecule has 2 rings (SSSR count). The van der Waals surface area contributed by atoms with Gasteiger partial charge in [-0.2, -0.15) is 0 Å². The predicted octanol–water partition coefficient (Wildman–Crippen LogP) is 3.14. The summed E-state index contributed by atoms with van der Waals surface area (Å²) in [7, 11) is 0. The van der Waals surface area contributed by atoms with Gasteiger partial charge in [0.25, 0.3) is 5.91 Å². The summed E-state index contributed by atoms with van der Waals surface area (Å²) >= 11 is 6.46. The summed E-state index contributed by atoms with van der Waals surface area (Å²) in [6, 6.07) is 5.71. The molecule has 0 spiro atoms. The van der Waals surface area contributed by atoms with Crippen LogP contribution in [-0.4, -0.2) is 23.5 Å². The molecule has 18 heavy (non-hydrogen) atoms. The zero-order valence-electron chi connectivity index (χ0n) is 8.99. The second kappa shape index (κ2) is 5.38. The molecule has 4 nitrogen and oxygen atoms in total. The third kappa shape index (κ3) is 2.49. The first-order valence-electron chi connectivity index (χ1n) is 5.06. The number of halogens is 3. The summed E-state index contributed by atoms with van der Waals surface area (Å²) < 4.78 is 0.390. The summed E-state index contributed by atoms with van der Waals surface area (Å²) in [4.78, 5) is 24.6. The third-order valence-electron chi connectivity index (χ3n) is 2.66. The lowest BCUT2D eigenvalue weighted by atomic mass is 10.2. The van der Waals surface area contributed by atoms with Crippen molar-refractivity contribution in [2.24, 2.45) is 0 Å². The Bertz CT molecular complexity index is 530. The van der Waals surface area contributed by atoms with Crippen LogP contribution in [-0.2, 0) is 11.0 Å². The molecule has 1 amide bonds. The Morgan fingerprint density at radius 2 is 2.06 bits per heavy atom. The number of fused-ring (bicyclic) bond motifs is 1. The van der Waals surface area contributed by atoms with Crippen molar-refractivity contribution in [3.05, 3.63) is 27.3 Å². The number of rotatable bonds is 3. The first kappa shape index (κ1) is 14.8. The molecule has 0 saturated carbocycles. The van der Waals surface area contributed by atoms with E-state index in [9.17, 15) is 9.59 Å². The minimum absolute atomic E-state index is 0.0417. The molecule has 0 aliphatic carbocycles. The van der Waals surface area contributed by atoms with E-state index in [1.165, 1.54) is 0 Å². The van der Waals surface area contributed by atoms with Crippen LogP contribution < -0.4 is 4.90 Å². The van der Waals surface area contributed by atoms with Gasteiger partial charge in [-0.25, -0.2) is 0 Å². The number of carbonyl (C=O) groups is 2. The fourth-order valence-electron chi connectivity index (χ4n) is 1.86. The van der Waals surface area contributed by atoms with Crippen LogP contribution >= 0.6 is 67.8 Å². The summed E-state index contributed by atoms with van der Waals surface area (Å²) in [5, 5.41) is 8.75.